The summed E-state index contributed by atoms with van der Waals surface area (Å²) >= 11 is 1.26. The number of rotatable bonds is 5. The first kappa shape index (κ1) is 19.0. The number of nitrogens with one attached hydrogen (secondary N) is 2. The second kappa shape index (κ2) is 8.75. The molecule has 3 aromatic rings. The van der Waals surface area contributed by atoms with Gasteiger partial charge in [0, 0.05) is 10.4 Å². The number of benzene rings is 2. The number of nitriles is 1. The van der Waals surface area contributed by atoms with Gasteiger partial charge in [-0.2, -0.15) is 5.26 Å². The molecule has 3 rings (SSSR count). The molecular formula is C21H15N3O3S. The number of anilines is 1. The van der Waals surface area contributed by atoms with Crippen molar-refractivity contribution in [2.24, 2.45) is 0 Å². The Bertz CT molecular complexity index is 1070. The lowest BCUT2D eigenvalue weighted by Crippen LogP contribution is -2.34. The first-order valence-corrected chi connectivity index (χ1v) is 9.17. The van der Waals surface area contributed by atoms with Crippen molar-refractivity contribution < 1.29 is 14.4 Å². The lowest BCUT2D eigenvalue weighted by Gasteiger charge is -2.07. The lowest BCUT2D eigenvalue weighted by atomic mass is 10.1. The zero-order chi connectivity index (χ0) is 19.9. The summed E-state index contributed by atoms with van der Waals surface area (Å²) in [5.74, 6) is -1.77. The third kappa shape index (κ3) is 4.50. The fourth-order valence-electron chi connectivity index (χ4n) is 2.44. The van der Waals surface area contributed by atoms with E-state index in [-0.39, 0.29) is 23.6 Å². The van der Waals surface area contributed by atoms with Crippen molar-refractivity contribution in [2.75, 3.05) is 5.32 Å². The molecule has 2 aromatic carbocycles. The second-order valence-electron chi connectivity index (χ2n) is 5.76. The van der Waals surface area contributed by atoms with Crippen LogP contribution in [-0.4, -0.2) is 17.6 Å². The van der Waals surface area contributed by atoms with Gasteiger partial charge in [0.1, 0.15) is 6.07 Å². The van der Waals surface area contributed by atoms with E-state index >= 15 is 0 Å². The SMILES string of the molecule is N#Cc1ccccc1NC(=O)C(=O)NCc1ccc(C(=O)c2ccccc2)s1. The number of thiophene rings is 1. The van der Waals surface area contributed by atoms with Crippen molar-refractivity contribution in [1.82, 2.24) is 5.32 Å². The summed E-state index contributed by atoms with van der Waals surface area (Å²) in [4.78, 5) is 37.7. The minimum atomic E-state index is -0.861. The van der Waals surface area contributed by atoms with Gasteiger partial charge < -0.3 is 10.6 Å². The summed E-state index contributed by atoms with van der Waals surface area (Å²) in [7, 11) is 0. The van der Waals surface area contributed by atoms with Crippen LogP contribution in [0.2, 0.25) is 0 Å². The molecular weight excluding hydrogens is 374 g/mol. The van der Waals surface area contributed by atoms with E-state index in [1.165, 1.54) is 11.3 Å². The van der Waals surface area contributed by atoms with Gasteiger partial charge in [-0.25, -0.2) is 0 Å². The largest absolute Gasteiger partial charge is 0.343 e. The van der Waals surface area contributed by atoms with Gasteiger partial charge in [-0.05, 0) is 24.3 Å². The number of nitrogens with zero attached hydrogens (tertiary/aromatic N) is 1. The molecule has 0 unspecified atom stereocenters. The molecule has 0 spiro atoms. The third-order valence-electron chi connectivity index (χ3n) is 3.85. The molecule has 28 heavy (non-hydrogen) atoms. The summed E-state index contributed by atoms with van der Waals surface area (Å²) in [5.41, 5.74) is 1.14. The summed E-state index contributed by atoms with van der Waals surface area (Å²) in [6.45, 7) is 0.124. The van der Waals surface area contributed by atoms with Gasteiger partial charge in [-0.3, -0.25) is 14.4 Å². The van der Waals surface area contributed by atoms with Gasteiger partial charge in [-0.1, -0.05) is 42.5 Å². The molecule has 0 aliphatic rings. The van der Waals surface area contributed by atoms with Gasteiger partial charge in [0.2, 0.25) is 5.78 Å². The van der Waals surface area contributed by atoms with Gasteiger partial charge in [0.05, 0.1) is 22.7 Å². The average molecular weight is 389 g/mol. The van der Waals surface area contributed by atoms with Crippen LogP contribution in [0.4, 0.5) is 5.69 Å². The second-order valence-corrected chi connectivity index (χ2v) is 6.92. The molecule has 0 fully saturated rings. The van der Waals surface area contributed by atoms with Crippen LogP contribution in [-0.2, 0) is 16.1 Å². The van der Waals surface area contributed by atoms with Crippen LogP contribution in [0.15, 0.2) is 66.7 Å². The smallest absolute Gasteiger partial charge is 0.313 e. The monoisotopic (exact) mass is 389 g/mol. The van der Waals surface area contributed by atoms with Crippen LogP contribution in [0.5, 0.6) is 0 Å². The summed E-state index contributed by atoms with van der Waals surface area (Å²) < 4.78 is 0. The fraction of sp³-hybridized carbons (Fsp3) is 0.0476. The molecule has 0 saturated carbocycles. The Hall–Kier alpha value is -3.76. The Morgan fingerprint density at radius 2 is 1.61 bits per heavy atom. The standard InChI is InChI=1S/C21H15N3O3S/c22-12-15-8-4-5-9-17(15)24-21(27)20(26)23-13-16-10-11-18(28-16)19(25)14-6-2-1-3-7-14/h1-11H,13H2,(H,23,26)(H,24,27). The average Bonchev–Trinajstić information content (AvgIpc) is 3.21. The predicted octanol–water partition coefficient (Wildman–Crippen LogP) is 3.11. The van der Waals surface area contributed by atoms with E-state index in [1.807, 2.05) is 12.1 Å². The van der Waals surface area contributed by atoms with Gasteiger partial charge in [-0.15, -0.1) is 11.3 Å². The molecule has 1 aromatic heterocycles. The Balaban J connectivity index is 1.58. The van der Waals surface area contributed by atoms with E-state index in [9.17, 15) is 14.4 Å². The highest BCUT2D eigenvalue weighted by atomic mass is 32.1. The third-order valence-corrected chi connectivity index (χ3v) is 4.93. The van der Waals surface area contributed by atoms with E-state index in [2.05, 4.69) is 10.6 Å². The van der Waals surface area contributed by atoms with Crippen LogP contribution < -0.4 is 10.6 Å². The number of amides is 2. The predicted molar refractivity (Wildman–Crippen MR) is 106 cm³/mol. The molecule has 0 atom stereocenters. The molecule has 138 valence electrons. The zero-order valence-electron chi connectivity index (χ0n) is 14.6. The molecule has 0 radical (unpaired) electrons. The fourth-order valence-corrected chi connectivity index (χ4v) is 3.35. The molecule has 7 heteroatoms. The number of para-hydroxylation sites is 1. The number of hydrogen-bond donors (Lipinski definition) is 2. The van der Waals surface area contributed by atoms with E-state index in [1.54, 1.807) is 60.7 Å². The maximum absolute atomic E-state index is 12.4. The highest BCUT2D eigenvalue weighted by Crippen LogP contribution is 2.20. The zero-order valence-corrected chi connectivity index (χ0v) is 15.5. The van der Waals surface area contributed by atoms with Crippen molar-refractivity contribution in [3.8, 4) is 6.07 Å². The van der Waals surface area contributed by atoms with Crippen molar-refractivity contribution >= 4 is 34.6 Å². The highest BCUT2D eigenvalue weighted by molar-refractivity contribution is 7.14. The maximum atomic E-state index is 12.4. The van der Waals surface area contributed by atoms with E-state index in [0.29, 0.717) is 10.4 Å². The molecule has 2 amide bonds. The lowest BCUT2D eigenvalue weighted by molar-refractivity contribution is -0.136. The maximum Gasteiger partial charge on any atom is 0.313 e. The van der Waals surface area contributed by atoms with Gasteiger partial charge >= 0.3 is 11.8 Å². The molecule has 2 N–H and O–H groups in total. The van der Waals surface area contributed by atoms with E-state index in [0.717, 1.165) is 4.88 Å². The minimum Gasteiger partial charge on any atom is -0.343 e. The Morgan fingerprint density at radius 1 is 0.893 bits per heavy atom. The molecule has 1 heterocycles. The van der Waals surface area contributed by atoms with Crippen LogP contribution >= 0.6 is 11.3 Å². The Morgan fingerprint density at radius 3 is 2.36 bits per heavy atom. The van der Waals surface area contributed by atoms with Gasteiger partial charge in [0.15, 0.2) is 0 Å². The first-order valence-electron chi connectivity index (χ1n) is 8.35. The number of ketones is 1. The van der Waals surface area contributed by atoms with Crippen LogP contribution in [0.3, 0.4) is 0 Å². The van der Waals surface area contributed by atoms with E-state index < -0.39 is 11.8 Å². The summed E-state index contributed by atoms with van der Waals surface area (Å²) in [5, 5.41) is 14.0. The van der Waals surface area contributed by atoms with Crippen molar-refractivity contribution in [3.05, 3.63) is 87.6 Å². The number of carbonyl (C=O) groups excluding carboxylic acids is 3. The van der Waals surface area contributed by atoms with Gasteiger partial charge in [0.25, 0.3) is 0 Å². The van der Waals surface area contributed by atoms with Crippen molar-refractivity contribution in [3.63, 3.8) is 0 Å². The summed E-state index contributed by atoms with van der Waals surface area (Å²) in [6, 6.07) is 20.7. The van der Waals surface area contributed by atoms with Crippen molar-refractivity contribution in [1.29, 1.82) is 5.26 Å². The highest BCUT2D eigenvalue weighted by Gasteiger charge is 2.16. The quantitative estimate of drug-likeness (QED) is 0.517. The normalized spacial score (nSPS) is 9.96. The topological polar surface area (TPSA) is 99.1 Å². The Kier molecular flexibility index (Phi) is 5.94. The first-order chi connectivity index (χ1) is 13.6. The molecule has 0 saturated heterocycles. The number of hydrogen-bond acceptors (Lipinski definition) is 5. The molecule has 0 aliphatic carbocycles. The van der Waals surface area contributed by atoms with Crippen LogP contribution in [0.25, 0.3) is 0 Å². The summed E-state index contributed by atoms with van der Waals surface area (Å²) in [6.07, 6.45) is 0. The molecule has 0 aliphatic heterocycles. The van der Waals surface area contributed by atoms with Crippen LogP contribution in [0.1, 0.15) is 25.7 Å². The van der Waals surface area contributed by atoms with Crippen LogP contribution in [0, 0.1) is 11.3 Å². The van der Waals surface area contributed by atoms with E-state index in [4.69, 9.17) is 5.26 Å². The molecule has 0 bridgehead atoms. The minimum absolute atomic E-state index is 0.0889. The number of carbonyl (C=O) groups is 3. The Labute approximate surface area is 165 Å². The van der Waals surface area contributed by atoms with Crippen molar-refractivity contribution in [2.45, 2.75) is 6.54 Å². The molecule has 6 nitrogen and oxygen atoms in total.